The molecular formula is C40H42N6. The van der Waals surface area contributed by atoms with Gasteiger partial charge in [0.15, 0.2) is 5.54 Å². The van der Waals surface area contributed by atoms with Crippen LogP contribution in [0.15, 0.2) is 121 Å². The van der Waals surface area contributed by atoms with Crippen LogP contribution in [0.3, 0.4) is 0 Å². The lowest BCUT2D eigenvalue weighted by molar-refractivity contribution is 0.395. The van der Waals surface area contributed by atoms with Gasteiger partial charge in [-0.15, -0.1) is 15.0 Å². The van der Waals surface area contributed by atoms with Gasteiger partial charge in [-0.3, -0.25) is 0 Å². The van der Waals surface area contributed by atoms with E-state index in [2.05, 4.69) is 113 Å². The molecule has 6 heteroatoms. The van der Waals surface area contributed by atoms with Crippen LogP contribution in [0.2, 0.25) is 0 Å². The van der Waals surface area contributed by atoms with Crippen molar-refractivity contribution in [3.05, 3.63) is 149 Å². The maximum absolute atomic E-state index is 6.34. The van der Waals surface area contributed by atoms with E-state index in [4.69, 9.17) is 26.9 Å². The summed E-state index contributed by atoms with van der Waals surface area (Å²) in [6.07, 6.45) is 1.83. The first kappa shape index (κ1) is 30.8. The topological polar surface area (TPSA) is 95.6 Å². The van der Waals surface area contributed by atoms with Crippen LogP contribution in [0, 0.1) is 11.8 Å². The molecule has 46 heavy (non-hydrogen) atoms. The third kappa shape index (κ3) is 5.79. The highest BCUT2D eigenvalue weighted by Crippen LogP contribution is 2.42. The Morgan fingerprint density at radius 3 is 1.67 bits per heavy atom. The molecule has 6 aromatic rings. The van der Waals surface area contributed by atoms with Crippen LogP contribution < -0.4 is 11.5 Å². The van der Waals surface area contributed by atoms with Gasteiger partial charge in [-0.25, -0.2) is 0 Å². The van der Waals surface area contributed by atoms with Gasteiger partial charge in [0.2, 0.25) is 5.82 Å². The predicted molar refractivity (Wildman–Crippen MR) is 189 cm³/mol. The molecule has 1 aromatic heterocycles. The summed E-state index contributed by atoms with van der Waals surface area (Å²) in [6, 6.07) is 41.6. The SMILES string of the molecule is CC(C)Cc1ccc(-c2ccc(N)c(N)c2)c(-c2nnn(C(c3ccccc3)(c3ccccc3)c3ccccc3)n2)c1CC(C)C. The molecule has 232 valence electrons. The van der Waals surface area contributed by atoms with E-state index in [0.717, 1.165) is 46.2 Å². The quantitative estimate of drug-likeness (QED) is 0.121. The van der Waals surface area contributed by atoms with Gasteiger partial charge in [0.1, 0.15) is 0 Å². The maximum Gasteiger partial charge on any atom is 0.205 e. The van der Waals surface area contributed by atoms with Crippen molar-refractivity contribution in [3.8, 4) is 22.5 Å². The van der Waals surface area contributed by atoms with E-state index in [1.54, 1.807) is 4.80 Å². The van der Waals surface area contributed by atoms with Crippen LogP contribution in [0.5, 0.6) is 0 Å². The maximum atomic E-state index is 6.34. The monoisotopic (exact) mass is 606 g/mol. The molecule has 0 amide bonds. The summed E-state index contributed by atoms with van der Waals surface area (Å²) in [5, 5.41) is 15.1. The Labute approximate surface area is 272 Å². The molecule has 0 saturated carbocycles. The van der Waals surface area contributed by atoms with Crippen molar-refractivity contribution in [1.82, 2.24) is 20.2 Å². The molecule has 1 heterocycles. The minimum atomic E-state index is -0.866. The van der Waals surface area contributed by atoms with Crippen molar-refractivity contribution in [2.24, 2.45) is 11.8 Å². The molecule has 0 unspecified atom stereocenters. The molecule has 0 spiro atoms. The summed E-state index contributed by atoms with van der Waals surface area (Å²) < 4.78 is 0. The van der Waals surface area contributed by atoms with Gasteiger partial charge >= 0.3 is 0 Å². The smallest absolute Gasteiger partial charge is 0.205 e. The second kappa shape index (κ2) is 13.0. The van der Waals surface area contributed by atoms with Crippen molar-refractivity contribution < 1.29 is 0 Å². The summed E-state index contributed by atoms with van der Waals surface area (Å²) in [5.74, 6) is 1.49. The fourth-order valence-corrected chi connectivity index (χ4v) is 6.54. The number of rotatable bonds is 10. The molecule has 0 fully saturated rings. The first-order valence-corrected chi connectivity index (χ1v) is 16.1. The average molecular weight is 607 g/mol. The molecule has 6 rings (SSSR count). The van der Waals surface area contributed by atoms with Crippen molar-refractivity contribution >= 4 is 11.4 Å². The lowest BCUT2D eigenvalue weighted by atomic mass is 9.77. The van der Waals surface area contributed by atoms with Crippen LogP contribution in [0.4, 0.5) is 11.4 Å². The van der Waals surface area contributed by atoms with Gasteiger partial charge in [-0.2, -0.15) is 0 Å². The van der Waals surface area contributed by atoms with Crippen molar-refractivity contribution in [3.63, 3.8) is 0 Å². The first-order valence-electron chi connectivity index (χ1n) is 16.1. The summed E-state index contributed by atoms with van der Waals surface area (Å²) >= 11 is 0. The zero-order chi connectivity index (χ0) is 32.3. The number of aromatic nitrogens is 4. The van der Waals surface area contributed by atoms with E-state index < -0.39 is 5.54 Å². The molecule has 0 aliphatic rings. The van der Waals surface area contributed by atoms with Crippen LogP contribution in [0.25, 0.3) is 22.5 Å². The molecule has 0 bridgehead atoms. The number of nitrogen functional groups attached to an aromatic ring is 2. The van der Waals surface area contributed by atoms with Gasteiger partial charge in [-0.05, 0) is 81.0 Å². The highest BCUT2D eigenvalue weighted by Gasteiger charge is 2.41. The second-order valence-electron chi connectivity index (χ2n) is 12.9. The molecule has 0 aliphatic carbocycles. The number of hydrogen-bond donors (Lipinski definition) is 2. The van der Waals surface area contributed by atoms with Crippen molar-refractivity contribution in [1.29, 1.82) is 0 Å². The standard InChI is InChI=1S/C40H42N6/c1-27(2)24-29-20-22-34(30-21-23-36(41)37(42)26-30)38(35(29)25-28(3)4)39-43-45-46(44-39)40(31-14-8-5-9-15-31,32-16-10-6-11-17-32)33-18-12-7-13-19-33/h5-23,26-28H,24-25,41-42H2,1-4H3. The fraction of sp³-hybridized carbons (Fsp3) is 0.225. The number of benzene rings is 5. The number of tetrazole rings is 1. The predicted octanol–water partition coefficient (Wildman–Crippen LogP) is 8.41. The summed E-state index contributed by atoms with van der Waals surface area (Å²) in [5.41, 5.74) is 21.4. The molecule has 5 aromatic carbocycles. The minimum absolute atomic E-state index is 0.420. The van der Waals surface area contributed by atoms with Crippen LogP contribution in [0.1, 0.15) is 55.5 Å². The number of nitrogens with two attached hydrogens (primary N) is 2. The van der Waals surface area contributed by atoms with Gasteiger partial charge in [0.05, 0.1) is 11.4 Å². The van der Waals surface area contributed by atoms with Crippen molar-refractivity contribution in [2.75, 3.05) is 11.5 Å². The average Bonchev–Trinajstić information content (AvgIpc) is 3.54. The highest BCUT2D eigenvalue weighted by atomic mass is 15.6. The van der Waals surface area contributed by atoms with E-state index in [1.807, 2.05) is 36.4 Å². The van der Waals surface area contributed by atoms with Gasteiger partial charge < -0.3 is 11.5 Å². The lowest BCUT2D eigenvalue weighted by Gasteiger charge is -2.34. The van der Waals surface area contributed by atoms with E-state index in [1.165, 1.54) is 11.1 Å². The Kier molecular flexibility index (Phi) is 8.71. The largest absolute Gasteiger partial charge is 0.397 e. The Morgan fingerprint density at radius 2 is 1.17 bits per heavy atom. The lowest BCUT2D eigenvalue weighted by Crippen LogP contribution is -2.39. The molecular weight excluding hydrogens is 564 g/mol. The minimum Gasteiger partial charge on any atom is -0.397 e. The van der Waals surface area contributed by atoms with E-state index in [9.17, 15) is 0 Å². The van der Waals surface area contributed by atoms with Crippen molar-refractivity contribution in [2.45, 2.75) is 46.1 Å². The number of anilines is 2. The Balaban J connectivity index is 1.67. The molecule has 0 atom stereocenters. The second-order valence-corrected chi connectivity index (χ2v) is 12.9. The molecule has 0 saturated heterocycles. The first-order chi connectivity index (χ1) is 22.3. The zero-order valence-electron chi connectivity index (χ0n) is 27.1. The Hall–Kier alpha value is -5.23. The third-order valence-electron chi connectivity index (χ3n) is 8.56. The van der Waals surface area contributed by atoms with E-state index >= 15 is 0 Å². The van der Waals surface area contributed by atoms with Crippen LogP contribution in [-0.4, -0.2) is 20.2 Å². The molecule has 0 radical (unpaired) electrons. The van der Waals surface area contributed by atoms with Gasteiger partial charge in [0.25, 0.3) is 0 Å². The normalized spacial score (nSPS) is 11.8. The Bertz CT molecular complexity index is 1810. The van der Waals surface area contributed by atoms with Crippen LogP contribution >= 0.6 is 0 Å². The molecule has 4 N–H and O–H groups in total. The number of hydrogen-bond acceptors (Lipinski definition) is 5. The number of nitrogens with zero attached hydrogens (tertiary/aromatic N) is 4. The Morgan fingerprint density at radius 1 is 0.630 bits per heavy atom. The zero-order valence-corrected chi connectivity index (χ0v) is 27.1. The molecule has 0 aliphatic heterocycles. The summed E-state index contributed by atoms with van der Waals surface area (Å²) in [6.45, 7) is 9.03. The fourth-order valence-electron chi connectivity index (χ4n) is 6.54. The highest BCUT2D eigenvalue weighted by molar-refractivity contribution is 5.86. The van der Waals surface area contributed by atoms with Gasteiger partial charge in [0, 0.05) is 5.56 Å². The van der Waals surface area contributed by atoms with E-state index in [-0.39, 0.29) is 0 Å². The summed E-state index contributed by atoms with van der Waals surface area (Å²) in [4.78, 5) is 1.80. The van der Waals surface area contributed by atoms with E-state index in [0.29, 0.717) is 29.0 Å². The third-order valence-corrected chi connectivity index (χ3v) is 8.56. The summed E-state index contributed by atoms with van der Waals surface area (Å²) in [7, 11) is 0. The van der Waals surface area contributed by atoms with Crippen LogP contribution in [-0.2, 0) is 18.4 Å². The molecule has 6 nitrogen and oxygen atoms in total. The van der Waals surface area contributed by atoms with Gasteiger partial charge in [-0.1, -0.05) is 137 Å².